The predicted octanol–water partition coefficient (Wildman–Crippen LogP) is 1.80. The van der Waals surface area contributed by atoms with E-state index in [1.807, 2.05) is 9.80 Å². The molecule has 0 unspecified atom stereocenters. The minimum atomic E-state index is -0.634. The van der Waals surface area contributed by atoms with E-state index in [1.165, 1.54) is 33.5 Å². The number of aromatic nitrogens is 2. The number of piperazine rings is 1. The molecule has 0 radical (unpaired) electrons. The number of halogens is 1. The molecule has 0 bridgehead atoms. The highest BCUT2D eigenvalue weighted by Gasteiger charge is 2.40. The highest BCUT2D eigenvalue weighted by Crippen LogP contribution is 2.39. The number of carbonyl (C=O) groups is 1. The van der Waals surface area contributed by atoms with Gasteiger partial charge in [0.15, 0.2) is 17.3 Å². The van der Waals surface area contributed by atoms with Gasteiger partial charge in [-0.3, -0.25) is 4.79 Å². The fourth-order valence-corrected chi connectivity index (χ4v) is 5.68. The van der Waals surface area contributed by atoms with Crippen LogP contribution in [0.2, 0.25) is 0 Å². The lowest BCUT2D eigenvalue weighted by molar-refractivity contribution is -0.132. The van der Waals surface area contributed by atoms with Gasteiger partial charge >= 0.3 is 0 Å². The van der Waals surface area contributed by atoms with Crippen LogP contribution in [0.3, 0.4) is 0 Å². The third kappa shape index (κ3) is 3.90. The number of hydrogen-bond acceptors (Lipinski definition) is 8. The van der Waals surface area contributed by atoms with E-state index >= 15 is 4.39 Å². The molecule has 33 heavy (non-hydrogen) atoms. The maximum atomic E-state index is 15.1. The molecule has 3 heterocycles. The molecular weight excluding hydrogens is 427 g/mol. The molecule has 1 aromatic carbocycles. The third-order valence-electron chi connectivity index (χ3n) is 7.48. The van der Waals surface area contributed by atoms with E-state index in [9.17, 15) is 4.79 Å². The first-order chi connectivity index (χ1) is 16.0. The number of nitrogen functional groups attached to an aromatic ring is 1. The molecule has 0 spiro atoms. The summed E-state index contributed by atoms with van der Waals surface area (Å²) in [6.45, 7) is 3.33. The van der Waals surface area contributed by atoms with Crippen molar-refractivity contribution in [2.45, 2.75) is 31.7 Å². The van der Waals surface area contributed by atoms with Crippen LogP contribution in [-0.2, 0) is 4.79 Å². The normalized spacial score (nSPS) is 24.9. The van der Waals surface area contributed by atoms with Crippen LogP contribution < -0.4 is 25.4 Å². The zero-order chi connectivity index (χ0) is 23.1. The third-order valence-corrected chi connectivity index (χ3v) is 7.48. The van der Waals surface area contributed by atoms with Crippen molar-refractivity contribution in [3.05, 3.63) is 11.9 Å². The van der Waals surface area contributed by atoms with Crippen molar-refractivity contribution < 1.29 is 18.7 Å². The molecule has 2 saturated heterocycles. The summed E-state index contributed by atoms with van der Waals surface area (Å²) in [6, 6.07) is 1.89. The number of fused-ring (bicyclic) bond motifs is 2. The van der Waals surface area contributed by atoms with Gasteiger partial charge in [-0.2, -0.15) is 4.98 Å². The summed E-state index contributed by atoms with van der Waals surface area (Å²) in [5.74, 6) is 1.69. The van der Waals surface area contributed by atoms with Crippen molar-refractivity contribution in [3.8, 4) is 11.5 Å². The lowest BCUT2D eigenvalue weighted by atomic mass is 9.92. The molecular formula is C23H31FN6O3. The summed E-state index contributed by atoms with van der Waals surface area (Å²) in [5.41, 5.74) is 6.23. The first kappa shape index (κ1) is 21.9. The topological polar surface area (TPSA) is 106 Å². The van der Waals surface area contributed by atoms with Gasteiger partial charge in [0.25, 0.3) is 0 Å². The zero-order valence-electron chi connectivity index (χ0n) is 19.1. The highest BCUT2D eigenvalue weighted by molar-refractivity contribution is 5.92. The molecule has 1 saturated carbocycles. The Hall–Kier alpha value is -2.88. The molecule has 1 amide bonds. The molecule has 3 aliphatic rings. The largest absolute Gasteiger partial charge is 0.493 e. The Morgan fingerprint density at radius 1 is 1.21 bits per heavy atom. The fraction of sp³-hybridized carbons (Fsp3) is 0.609. The van der Waals surface area contributed by atoms with Crippen LogP contribution in [0.4, 0.5) is 16.2 Å². The molecule has 5 rings (SSSR count). The quantitative estimate of drug-likeness (QED) is 0.699. The van der Waals surface area contributed by atoms with Gasteiger partial charge in [0.1, 0.15) is 11.3 Å². The van der Waals surface area contributed by atoms with E-state index in [1.54, 1.807) is 6.07 Å². The summed E-state index contributed by atoms with van der Waals surface area (Å²) in [6.07, 6.45) is 4.37. The molecule has 2 aliphatic heterocycles. The van der Waals surface area contributed by atoms with Crippen molar-refractivity contribution in [2.24, 2.45) is 11.8 Å². The molecule has 3 atom stereocenters. The second kappa shape index (κ2) is 8.81. The van der Waals surface area contributed by atoms with Crippen molar-refractivity contribution >= 4 is 28.6 Å². The number of benzene rings is 1. The van der Waals surface area contributed by atoms with E-state index in [0.717, 1.165) is 12.5 Å². The minimum Gasteiger partial charge on any atom is -0.493 e. The maximum absolute atomic E-state index is 15.1. The number of rotatable bonds is 5. The smallest absolute Gasteiger partial charge is 0.228 e. The molecule has 9 nitrogen and oxygen atoms in total. The van der Waals surface area contributed by atoms with Crippen molar-refractivity contribution in [2.75, 3.05) is 57.6 Å². The molecule has 3 N–H and O–H groups in total. The van der Waals surface area contributed by atoms with Crippen LogP contribution in [-0.4, -0.2) is 73.8 Å². The highest BCUT2D eigenvalue weighted by atomic mass is 19.1. The van der Waals surface area contributed by atoms with E-state index in [2.05, 4.69) is 15.3 Å². The minimum absolute atomic E-state index is 0.0190. The van der Waals surface area contributed by atoms with E-state index in [4.69, 9.17) is 15.2 Å². The Labute approximate surface area is 192 Å². The van der Waals surface area contributed by atoms with Gasteiger partial charge in [-0.25, -0.2) is 9.37 Å². The van der Waals surface area contributed by atoms with Crippen LogP contribution in [0.1, 0.15) is 25.7 Å². The van der Waals surface area contributed by atoms with Crippen molar-refractivity contribution in [1.82, 2.24) is 20.2 Å². The number of hydrogen-bond donors (Lipinski definition) is 2. The maximum Gasteiger partial charge on any atom is 0.228 e. The fourth-order valence-electron chi connectivity index (χ4n) is 5.68. The molecule has 3 fully saturated rings. The predicted molar refractivity (Wildman–Crippen MR) is 123 cm³/mol. The van der Waals surface area contributed by atoms with Crippen molar-refractivity contribution in [3.63, 3.8) is 0 Å². The van der Waals surface area contributed by atoms with E-state index in [-0.39, 0.29) is 28.7 Å². The zero-order valence-corrected chi connectivity index (χ0v) is 19.1. The number of anilines is 2. The average Bonchev–Trinajstić information content (AvgIpc) is 3.44. The molecule has 1 aromatic heterocycles. The molecule has 1 aliphatic carbocycles. The number of nitrogens with two attached hydrogens (primary N) is 1. The number of carbonyl (C=O) groups excluding carboxylic acids is 1. The molecule has 10 heteroatoms. The van der Waals surface area contributed by atoms with Crippen LogP contribution in [0.25, 0.3) is 10.9 Å². The van der Waals surface area contributed by atoms with Gasteiger partial charge in [-0.15, -0.1) is 0 Å². The van der Waals surface area contributed by atoms with Crippen LogP contribution in [0.15, 0.2) is 6.07 Å². The van der Waals surface area contributed by atoms with Crippen LogP contribution in [0, 0.1) is 17.7 Å². The summed E-state index contributed by atoms with van der Waals surface area (Å²) in [7, 11) is 2.81. The van der Waals surface area contributed by atoms with E-state index in [0.29, 0.717) is 55.9 Å². The number of nitrogens with zero attached hydrogens (tertiary/aromatic N) is 4. The second-order valence-corrected chi connectivity index (χ2v) is 9.17. The SMILES string of the molecule is COc1cc2c(N)nc(N3CCN(C(=O)C[C@H]4NC[C@@H]5CCC[C@@H]54)CC3)nc2c(F)c1OC. The molecule has 178 valence electrons. The summed E-state index contributed by atoms with van der Waals surface area (Å²) < 4.78 is 25.4. The lowest BCUT2D eigenvalue weighted by Gasteiger charge is -2.35. The number of methoxy groups -OCH3 is 2. The van der Waals surface area contributed by atoms with E-state index < -0.39 is 5.82 Å². The Bertz CT molecular complexity index is 1060. The molecule has 2 aromatic rings. The number of nitrogens with one attached hydrogen (secondary N) is 1. The monoisotopic (exact) mass is 458 g/mol. The first-order valence-corrected chi connectivity index (χ1v) is 11.6. The van der Waals surface area contributed by atoms with Gasteiger partial charge in [0.05, 0.1) is 14.2 Å². The van der Waals surface area contributed by atoms with Gasteiger partial charge in [-0.05, 0) is 37.3 Å². The number of ether oxygens (including phenoxy) is 2. The summed E-state index contributed by atoms with van der Waals surface area (Å²) >= 11 is 0. The van der Waals surface area contributed by atoms with Gasteiger partial charge in [0, 0.05) is 44.0 Å². The van der Waals surface area contributed by atoms with Gasteiger partial charge in [-0.1, -0.05) is 6.42 Å². The van der Waals surface area contributed by atoms with Crippen LogP contribution >= 0.6 is 0 Å². The number of amides is 1. The Balaban J connectivity index is 1.28. The summed E-state index contributed by atoms with van der Waals surface area (Å²) in [5, 5.41) is 3.93. The standard InChI is InChI=1S/C23H31FN6O3/c1-32-17-10-15-20(19(24)21(17)33-2)27-23(28-22(15)25)30-8-6-29(7-9-30)18(31)11-16-14-5-3-4-13(14)12-26-16/h10,13-14,16,26H,3-9,11-12H2,1-2H3,(H2,25,27,28)/t13-,14-,16+/m0/s1. The Morgan fingerprint density at radius 2 is 2.00 bits per heavy atom. The Morgan fingerprint density at radius 3 is 2.73 bits per heavy atom. The lowest BCUT2D eigenvalue weighted by Crippen LogP contribution is -2.50. The average molecular weight is 459 g/mol. The van der Waals surface area contributed by atoms with Crippen LogP contribution in [0.5, 0.6) is 11.5 Å². The Kier molecular flexibility index (Phi) is 5.86. The first-order valence-electron chi connectivity index (χ1n) is 11.6. The summed E-state index contributed by atoms with van der Waals surface area (Å²) in [4.78, 5) is 25.6. The van der Waals surface area contributed by atoms with Crippen molar-refractivity contribution in [1.29, 1.82) is 0 Å². The van der Waals surface area contributed by atoms with Gasteiger partial charge in [0.2, 0.25) is 11.9 Å². The second-order valence-electron chi connectivity index (χ2n) is 9.17. The van der Waals surface area contributed by atoms with Gasteiger partial charge < -0.3 is 30.3 Å².